The summed E-state index contributed by atoms with van der Waals surface area (Å²) in [6.07, 6.45) is -7.97. The number of alkyl halides is 6. The number of methoxy groups -OCH3 is 1. The molecule has 5 rings (SSSR count). The molecule has 0 fully saturated rings. The number of aromatic nitrogens is 1. The summed E-state index contributed by atoms with van der Waals surface area (Å²) < 4.78 is 92.3. The van der Waals surface area contributed by atoms with E-state index in [1.165, 1.54) is 12.0 Å². The first-order valence-corrected chi connectivity index (χ1v) is 14.1. The van der Waals surface area contributed by atoms with E-state index in [2.05, 4.69) is 10.3 Å². The van der Waals surface area contributed by atoms with Crippen molar-refractivity contribution in [2.24, 2.45) is 0 Å². The third-order valence-electron chi connectivity index (χ3n) is 7.29. The van der Waals surface area contributed by atoms with Crippen molar-refractivity contribution in [3.8, 4) is 11.5 Å². The number of amides is 2. The van der Waals surface area contributed by atoms with E-state index < -0.39 is 35.2 Å². The minimum atomic E-state index is -5.06. The Morgan fingerprint density at radius 2 is 1.48 bits per heavy atom. The summed E-state index contributed by atoms with van der Waals surface area (Å²) in [5.41, 5.74) is -0.421. The van der Waals surface area contributed by atoms with Gasteiger partial charge < -0.3 is 24.7 Å². The molecule has 4 aromatic carbocycles. The van der Waals surface area contributed by atoms with Crippen LogP contribution in [0.4, 0.5) is 36.8 Å². The van der Waals surface area contributed by atoms with Crippen molar-refractivity contribution in [3.63, 3.8) is 0 Å². The molecule has 2 amide bonds. The number of hydrogen-bond donors (Lipinski definition) is 2. The Hall–Kier alpha value is -5.13. The summed E-state index contributed by atoms with van der Waals surface area (Å²) in [6, 6.07) is 22.1. The van der Waals surface area contributed by atoms with E-state index in [0.717, 1.165) is 22.0 Å². The molecule has 0 radical (unpaired) electrons. The molecule has 0 spiro atoms. The van der Waals surface area contributed by atoms with Gasteiger partial charge in [0, 0.05) is 35.9 Å². The lowest BCUT2D eigenvalue weighted by Crippen LogP contribution is -2.36. The van der Waals surface area contributed by atoms with Crippen molar-refractivity contribution in [2.45, 2.75) is 31.9 Å². The van der Waals surface area contributed by atoms with Gasteiger partial charge in [-0.05, 0) is 59.5 Å². The fraction of sp³-hybridized carbons (Fsp3) is 0.206. The van der Waals surface area contributed by atoms with Crippen molar-refractivity contribution >= 4 is 22.6 Å². The van der Waals surface area contributed by atoms with Crippen LogP contribution < -0.4 is 14.8 Å². The number of benzene rings is 4. The molecule has 2 N–H and O–H groups in total. The summed E-state index contributed by atoms with van der Waals surface area (Å²) in [5, 5.41) is 3.19. The van der Waals surface area contributed by atoms with Gasteiger partial charge in [0.1, 0.15) is 6.61 Å². The first-order chi connectivity index (χ1) is 21.9. The highest BCUT2D eigenvalue weighted by Crippen LogP contribution is 2.38. The molecule has 6 nitrogen and oxygen atoms in total. The van der Waals surface area contributed by atoms with E-state index >= 15 is 0 Å². The number of anilines is 1. The molecule has 46 heavy (non-hydrogen) atoms. The van der Waals surface area contributed by atoms with Crippen molar-refractivity contribution in [3.05, 3.63) is 125 Å². The number of carbonyl (C=O) groups is 1. The van der Waals surface area contributed by atoms with Gasteiger partial charge in [-0.2, -0.15) is 26.3 Å². The Bertz CT molecular complexity index is 1770. The SMILES string of the molecule is COc1ccc(CN(CCc2c[nH]c3ccccc23)C(=O)Nc2cc(C(F)(F)F)cc(C(F)(F)F)c2)cc1OCc1ccccc1. The highest BCUT2D eigenvalue weighted by molar-refractivity contribution is 5.90. The summed E-state index contributed by atoms with van der Waals surface area (Å²) in [4.78, 5) is 18.0. The second-order valence-corrected chi connectivity index (χ2v) is 10.5. The van der Waals surface area contributed by atoms with Gasteiger partial charge in [0.25, 0.3) is 0 Å². The first kappa shape index (κ1) is 32.3. The van der Waals surface area contributed by atoms with Crippen molar-refractivity contribution in [2.75, 3.05) is 19.0 Å². The van der Waals surface area contributed by atoms with Gasteiger partial charge in [0.05, 0.1) is 18.2 Å². The number of halogens is 6. The van der Waals surface area contributed by atoms with Crippen LogP contribution in [-0.4, -0.2) is 29.6 Å². The minimum Gasteiger partial charge on any atom is -0.493 e. The number of hydrogen-bond acceptors (Lipinski definition) is 3. The number of carbonyl (C=O) groups excluding carboxylic acids is 1. The Balaban J connectivity index is 1.43. The molecule has 0 atom stereocenters. The lowest BCUT2D eigenvalue weighted by molar-refractivity contribution is -0.143. The van der Waals surface area contributed by atoms with Crippen LogP contribution in [0.2, 0.25) is 0 Å². The fourth-order valence-corrected chi connectivity index (χ4v) is 4.96. The molecule has 240 valence electrons. The maximum absolute atomic E-state index is 13.6. The molecule has 12 heteroatoms. The zero-order valence-corrected chi connectivity index (χ0v) is 24.5. The number of para-hydroxylation sites is 1. The highest BCUT2D eigenvalue weighted by Gasteiger charge is 2.37. The number of aromatic amines is 1. The van der Waals surface area contributed by atoms with Crippen LogP contribution in [0.3, 0.4) is 0 Å². The molecule has 1 heterocycles. The highest BCUT2D eigenvalue weighted by atomic mass is 19.4. The number of ether oxygens (including phenoxy) is 2. The van der Waals surface area contributed by atoms with Crippen molar-refractivity contribution < 1.29 is 40.6 Å². The topological polar surface area (TPSA) is 66.6 Å². The van der Waals surface area contributed by atoms with Gasteiger partial charge in [0.2, 0.25) is 0 Å². The van der Waals surface area contributed by atoms with E-state index in [4.69, 9.17) is 9.47 Å². The molecule has 0 bridgehead atoms. The van der Waals surface area contributed by atoms with Gasteiger partial charge in [-0.3, -0.25) is 0 Å². The van der Waals surface area contributed by atoms with E-state index in [0.29, 0.717) is 35.6 Å². The standard InChI is InChI=1S/C34H29F6N3O3/c1-45-30-12-11-23(15-31(30)46-21-22-7-3-2-4-8-22)20-43(14-13-24-19-41-29-10-6-5-9-28(24)29)32(44)42-27-17-25(33(35,36)37)16-26(18-27)34(38,39)40/h2-12,15-19,41H,13-14,20-21H2,1H3,(H,42,44). The Morgan fingerprint density at radius 1 is 0.804 bits per heavy atom. The van der Waals surface area contributed by atoms with Gasteiger partial charge in [-0.25, -0.2) is 4.79 Å². The van der Waals surface area contributed by atoms with Crippen LogP contribution in [0, 0.1) is 0 Å². The monoisotopic (exact) mass is 641 g/mol. The predicted molar refractivity (Wildman–Crippen MR) is 162 cm³/mol. The maximum atomic E-state index is 13.6. The fourth-order valence-electron chi connectivity index (χ4n) is 4.96. The van der Waals surface area contributed by atoms with E-state index in [-0.39, 0.29) is 25.8 Å². The summed E-state index contributed by atoms with van der Waals surface area (Å²) in [7, 11) is 1.48. The predicted octanol–water partition coefficient (Wildman–Crippen LogP) is 9.07. The van der Waals surface area contributed by atoms with Gasteiger partial charge in [-0.15, -0.1) is 0 Å². The second-order valence-electron chi connectivity index (χ2n) is 10.5. The van der Waals surface area contributed by atoms with Crippen molar-refractivity contribution in [1.82, 2.24) is 9.88 Å². The van der Waals surface area contributed by atoms with E-state index in [9.17, 15) is 31.1 Å². The number of nitrogens with one attached hydrogen (secondary N) is 2. The van der Waals surface area contributed by atoms with Crippen LogP contribution in [0.15, 0.2) is 97.2 Å². The molecule has 1 aromatic heterocycles. The van der Waals surface area contributed by atoms with E-state index in [1.807, 2.05) is 54.6 Å². The van der Waals surface area contributed by atoms with Crippen LogP contribution in [0.1, 0.15) is 27.8 Å². The van der Waals surface area contributed by atoms with Gasteiger partial charge >= 0.3 is 18.4 Å². The lowest BCUT2D eigenvalue weighted by Gasteiger charge is -2.24. The summed E-state index contributed by atoms with van der Waals surface area (Å²) in [6.45, 7) is 0.290. The first-order valence-electron chi connectivity index (χ1n) is 14.1. The zero-order chi connectivity index (χ0) is 32.9. The molecule has 0 unspecified atom stereocenters. The molecular weight excluding hydrogens is 612 g/mol. The smallest absolute Gasteiger partial charge is 0.416 e. The number of fused-ring (bicyclic) bond motifs is 1. The lowest BCUT2D eigenvalue weighted by atomic mass is 10.1. The average molecular weight is 642 g/mol. The normalized spacial score (nSPS) is 11.8. The second kappa shape index (κ2) is 13.5. The summed E-state index contributed by atoms with van der Waals surface area (Å²) >= 11 is 0. The van der Waals surface area contributed by atoms with Gasteiger partial charge in [0.15, 0.2) is 11.5 Å². The Morgan fingerprint density at radius 3 is 2.15 bits per heavy atom. The van der Waals surface area contributed by atoms with Crippen LogP contribution in [0.25, 0.3) is 10.9 Å². The summed E-state index contributed by atoms with van der Waals surface area (Å²) in [5.74, 6) is 0.839. The minimum absolute atomic E-state index is 0.0127. The van der Waals surface area contributed by atoms with Crippen molar-refractivity contribution in [1.29, 1.82) is 0 Å². The molecular formula is C34H29F6N3O3. The third kappa shape index (κ3) is 7.92. The Labute approximate surface area is 260 Å². The molecule has 0 saturated carbocycles. The van der Waals surface area contributed by atoms with Crippen LogP contribution in [0.5, 0.6) is 11.5 Å². The number of urea groups is 1. The Kier molecular flexibility index (Phi) is 9.45. The number of H-pyrrole nitrogens is 1. The number of rotatable bonds is 10. The quantitative estimate of drug-likeness (QED) is 0.150. The molecule has 0 aliphatic heterocycles. The van der Waals surface area contributed by atoms with E-state index in [1.54, 1.807) is 24.4 Å². The molecule has 0 saturated heterocycles. The maximum Gasteiger partial charge on any atom is 0.416 e. The molecule has 0 aliphatic carbocycles. The van der Waals surface area contributed by atoms with Gasteiger partial charge in [-0.1, -0.05) is 54.6 Å². The van der Waals surface area contributed by atoms with Crippen LogP contribution >= 0.6 is 0 Å². The largest absolute Gasteiger partial charge is 0.493 e. The number of nitrogens with zero attached hydrogens (tertiary/aromatic N) is 1. The third-order valence-corrected chi connectivity index (χ3v) is 7.29. The molecule has 5 aromatic rings. The zero-order valence-electron chi connectivity index (χ0n) is 24.5. The molecule has 0 aliphatic rings. The average Bonchev–Trinajstić information content (AvgIpc) is 3.44. The van der Waals surface area contributed by atoms with Crippen LogP contribution in [-0.2, 0) is 31.9 Å².